The molecule has 1 spiro atoms. The lowest BCUT2D eigenvalue weighted by molar-refractivity contribution is -0.165. The van der Waals surface area contributed by atoms with E-state index < -0.39 is 90.1 Å². The molecule has 1 unspecified atom stereocenters. The molecule has 2 saturated carbocycles. The maximum atomic E-state index is 12.8. The van der Waals surface area contributed by atoms with Crippen LogP contribution in [-0.2, 0) is 50.8 Å². The second-order valence-corrected chi connectivity index (χ2v) is 21.4. The molecular formula is C43H52F6N3O12PS. The van der Waals surface area contributed by atoms with Crippen molar-refractivity contribution in [2.24, 2.45) is 28.6 Å². The summed E-state index contributed by atoms with van der Waals surface area (Å²) in [6, 6.07) is 16.6. The van der Waals surface area contributed by atoms with Crippen molar-refractivity contribution in [3.63, 3.8) is 0 Å². The van der Waals surface area contributed by atoms with Gasteiger partial charge in [0.1, 0.15) is 17.7 Å². The van der Waals surface area contributed by atoms with E-state index in [4.69, 9.17) is 13.9 Å². The van der Waals surface area contributed by atoms with Gasteiger partial charge in [0.25, 0.3) is 0 Å². The first kappa shape index (κ1) is 50.7. The zero-order chi connectivity index (χ0) is 48.5. The molecule has 2 aromatic carbocycles. The number of rotatable bonds is 15. The van der Waals surface area contributed by atoms with Gasteiger partial charge in [0.2, 0.25) is 21.8 Å². The highest BCUT2D eigenvalue weighted by Crippen LogP contribution is 2.70. The predicted molar refractivity (Wildman–Crippen MR) is 224 cm³/mol. The maximum Gasteiger partial charge on any atom is 0.412 e. The standard InChI is InChI=1S/C27H30N2O6.C16H22F6NO6PS/c1-3-33-27(32)29-16-21(23(17-29)26(30)31)14-19-8-7-11-22(15-19)34-13-12-24-18(2)35-25(28-24)20-9-5-4-6-10-20;1-13(2)10-3-4-14(13)9-31(26,27)23(11(14)5-10)12(24)6-30(25,28-7-15(17,18)19)29-8-16(20,21)22/h4-11,15,21,23H,3,12-14,16-17H2,1-2H3,(H,30,31);10-11H,3-9H2,1-2H3/t21-,23+;10?,11-,14-/m01/s1. The van der Waals surface area contributed by atoms with Crippen LogP contribution in [0.2, 0.25) is 0 Å². The van der Waals surface area contributed by atoms with E-state index in [-0.39, 0.29) is 30.7 Å². The minimum Gasteiger partial charge on any atom is -0.493 e. The van der Waals surface area contributed by atoms with Crippen LogP contribution in [0.1, 0.15) is 57.1 Å². The number of carbonyl (C=O) groups excluding carboxylic acids is 2. The molecule has 2 bridgehead atoms. The Labute approximate surface area is 377 Å². The summed E-state index contributed by atoms with van der Waals surface area (Å²) in [4.78, 5) is 42.8. The summed E-state index contributed by atoms with van der Waals surface area (Å²) in [5, 5.41) is 9.65. The number of amides is 2. The van der Waals surface area contributed by atoms with Crippen molar-refractivity contribution in [2.45, 2.75) is 78.2 Å². The largest absolute Gasteiger partial charge is 0.493 e. The number of hydrogen-bond acceptors (Lipinski definition) is 12. The fourth-order valence-corrected chi connectivity index (χ4v) is 13.8. The number of likely N-dealkylation sites (tertiary alicyclic amines) is 1. The third kappa shape index (κ3) is 11.5. The van der Waals surface area contributed by atoms with Gasteiger partial charge < -0.3 is 23.9 Å². The molecule has 1 aromatic heterocycles. The Balaban J connectivity index is 0.000000220. The number of carbonyl (C=O) groups is 3. The number of hydrogen-bond donors (Lipinski definition) is 1. The van der Waals surface area contributed by atoms with Crippen LogP contribution in [0.5, 0.6) is 5.75 Å². The Kier molecular flexibility index (Phi) is 15.0. The van der Waals surface area contributed by atoms with E-state index in [1.807, 2.05) is 75.4 Å². The highest BCUT2D eigenvalue weighted by atomic mass is 32.2. The number of carboxylic acids is 1. The summed E-state index contributed by atoms with van der Waals surface area (Å²) in [5.41, 5.74) is 1.56. The number of aryl methyl sites for hydroxylation is 1. The van der Waals surface area contributed by atoms with Crippen LogP contribution in [0.25, 0.3) is 11.5 Å². The third-order valence-electron chi connectivity index (χ3n) is 13.0. The molecule has 66 heavy (non-hydrogen) atoms. The number of sulfonamides is 1. The third-order valence-corrected chi connectivity index (χ3v) is 16.7. The van der Waals surface area contributed by atoms with E-state index in [0.29, 0.717) is 54.8 Å². The lowest BCUT2D eigenvalue weighted by Crippen LogP contribution is -2.45. The molecule has 1 N–H and O–H groups in total. The minimum absolute atomic E-state index is 0.109. The molecule has 2 saturated heterocycles. The van der Waals surface area contributed by atoms with Crippen LogP contribution in [-0.4, -0.2) is 116 Å². The van der Waals surface area contributed by atoms with E-state index >= 15 is 0 Å². The van der Waals surface area contributed by atoms with Crippen molar-refractivity contribution < 1.29 is 81.8 Å². The van der Waals surface area contributed by atoms with Crippen molar-refractivity contribution in [1.29, 1.82) is 0 Å². The van der Waals surface area contributed by atoms with Gasteiger partial charge in [0, 0.05) is 30.5 Å². The van der Waals surface area contributed by atoms with Crippen molar-refractivity contribution >= 4 is 35.6 Å². The lowest BCUT2D eigenvalue weighted by Gasteiger charge is -2.37. The van der Waals surface area contributed by atoms with E-state index in [1.54, 1.807) is 6.92 Å². The SMILES string of the molecule is CC1(C)C2CC[C@]13CS(=O)(=O)N(C(=O)CP(=O)(OCC(F)(F)F)OCC(F)(F)F)[C@@H]3C2.CCOC(=O)N1C[C@H](Cc2cccc(OCCc3nc(-c4ccccc4)oc3C)c2)[C@H](C(=O)O)C1. The van der Waals surface area contributed by atoms with Crippen LogP contribution in [0.15, 0.2) is 59.0 Å². The molecule has 2 aliphatic heterocycles. The van der Waals surface area contributed by atoms with E-state index in [0.717, 1.165) is 29.0 Å². The average Bonchev–Trinajstić information content (AvgIpc) is 3.99. The van der Waals surface area contributed by atoms with Gasteiger partial charge in [-0.3, -0.25) is 23.2 Å². The van der Waals surface area contributed by atoms with Gasteiger partial charge >= 0.3 is 32.0 Å². The van der Waals surface area contributed by atoms with Gasteiger partial charge in [-0.1, -0.05) is 44.2 Å². The number of benzene rings is 2. The number of ether oxygens (including phenoxy) is 2. The molecule has 3 heterocycles. The molecule has 5 atom stereocenters. The van der Waals surface area contributed by atoms with Crippen molar-refractivity contribution in [2.75, 3.05) is 51.4 Å². The van der Waals surface area contributed by atoms with E-state index in [9.17, 15) is 58.8 Å². The van der Waals surface area contributed by atoms with Crippen LogP contribution >= 0.6 is 7.60 Å². The molecule has 4 aliphatic rings. The number of nitrogens with zero attached hydrogens (tertiary/aromatic N) is 3. The molecule has 364 valence electrons. The van der Waals surface area contributed by atoms with Crippen LogP contribution < -0.4 is 4.74 Å². The van der Waals surface area contributed by atoms with Crippen LogP contribution in [0.4, 0.5) is 31.1 Å². The fraction of sp³-hybridized carbons (Fsp3) is 0.581. The van der Waals surface area contributed by atoms with Gasteiger partial charge in [-0.15, -0.1) is 0 Å². The Hall–Kier alpha value is -4.66. The molecule has 7 rings (SSSR count). The van der Waals surface area contributed by atoms with Gasteiger partial charge in [-0.2, -0.15) is 26.3 Å². The van der Waals surface area contributed by atoms with Crippen molar-refractivity contribution in [1.82, 2.24) is 14.2 Å². The first-order chi connectivity index (χ1) is 30.8. The van der Waals surface area contributed by atoms with Gasteiger partial charge in [0.15, 0.2) is 13.2 Å². The molecule has 0 radical (unpaired) electrons. The smallest absolute Gasteiger partial charge is 0.412 e. The Morgan fingerprint density at radius 1 is 0.985 bits per heavy atom. The van der Waals surface area contributed by atoms with Gasteiger partial charge in [-0.05, 0) is 86.6 Å². The number of oxazole rings is 1. The number of halogens is 6. The van der Waals surface area contributed by atoms with Crippen molar-refractivity contribution in [3.8, 4) is 17.2 Å². The normalized spacial score (nSPS) is 24.2. The molecule has 2 aliphatic carbocycles. The highest BCUT2D eigenvalue weighted by molar-refractivity contribution is 7.90. The first-order valence-electron chi connectivity index (χ1n) is 21.2. The van der Waals surface area contributed by atoms with E-state index in [1.165, 1.54) is 4.90 Å². The summed E-state index contributed by atoms with van der Waals surface area (Å²) in [5.74, 6) is -1.28. The monoisotopic (exact) mass is 979 g/mol. The summed E-state index contributed by atoms with van der Waals surface area (Å²) in [7, 11) is -9.47. The lowest BCUT2D eigenvalue weighted by atomic mass is 9.69. The zero-order valence-corrected chi connectivity index (χ0v) is 38.3. The molecule has 23 heteroatoms. The second-order valence-electron chi connectivity index (χ2n) is 17.5. The number of alkyl halides is 6. The zero-order valence-electron chi connectivity index (χ0n) is 36.6. The summed E-state index contributed by atoms with van der Waals surface area (Å²) < 4.78 is 138. The van der Waals surface area contributed by atoms with Gasteiger partial charge in [-0.25, -0.2) is 22.5 Å². The molecule has 4 fully saturated rings. The average molecular weight is 980 g/mol. The van der Waals surface area contributed by atoms with Gasteiger partial charge in [0.05, 0.1) is 36.6 Å². The summed E-state index contributed by atoms with van der Waals surface area (Å²) in [6.07, 6.45) is -9.38. The number of aliphatic carboxylic acids is 1. The Bertz CT molecular complexity index is 2380. The molecule has 3 aromatic rings. The summed E-state index contributed by atoms with van der Waals surface area (Å²) in [6.45, 7) is 4.19. The van der Waals surface area contributed by atoms with Crippen LogP contribution in [0.3, 0.4) is 0 Å². The maximum absolute atomic E-state index is 12.8. The number of carboxylic acid groups (broad SMARTS) is 1. The van der Waals surface area contributed by atoms with E-state index in [2.05, 4.69) is 14.0 Å². The molecular weight excluding hydrogens is 928 g/mol. The number of aromatic nitrogens is 1. The minimum atomic E-state index is -5.26. The Morgan fingerprint density at radius 3 is 2.26 bits per heavy atom. The molecule has 15 nitrogen and oxygen atoms in total. The predicted octanol–water partition coefficient (Wildman–Crippen LogP) is 8.31. The summed E-state index contributed by atoms with van der Waals surface area (Å²) >= 11 is 0. The second kappa shape index (κ2) is 19.5. The number of fused-ring (bicyclic) bond motifs is 1. The fourth-order valence-electron chi connectivity index (χ4n) is 9.74. The van der Waals surface area contributed by atoms with Crippen LogP contribution in [0, 0.1) is 35.5 Å². The quantitative estimate of drug-likeness (QED) is 0.113. The highest BCUT2D eigenvalue weighted by Gasteiger charge is 2.72. The van der Waals surface area contributed by atoms with Crippen molar-refractivity contribution in [3.05, 3.63) is 71.6 Å². The first-order valence-corrected chi connectivity index (χ1v) is 24.5. The molecule has 2 amide bonds. The topological polar surface area (TPSA) is 192 Å². The Morgan fingerprint density at radius 2 is 1.65 bits per heavy atom.